The Balaban J connectivity index is 1.86. The smallest absolute Gasteiger partial charge is 0.235 e. The molecule has 0 aliphatic heterocycles. The Morgan fingerprint density at radius 1 is 1.09 bits per heavy atom. The highest BCUT2D eigenvalue weighted by Crippen LogP contribution is 2.29. The van der Waals surface area contributed by atoms with E-state index < -0.39 is 0 Å². The van der Waals surface area contributed by atoms with Crippen LogP contribution in [0.3, 0.4) is 0 Å². The largest absolute Gasteiger partial charge is 0.263 e. The number of pyridine rings is 1. The van der Waals surface area contributed by atoms with Gasteiger partial charge in [-0.15, -0.1) is 10.2 Å². The Morgan fingerprint density at radius 2 is 2.00 bits per heavy atom. The summed E-state index contributed by atoms with van der Waals surface area (Å²) in [6.07, 6.45) is 3.51. The van der Waals surface area contributed by atoms with E-state index in [0.29, 0.717) is 10.8 Å². The minimum Gasteiger partial charge on any atom is -0.263 e. The van der Waals surface area contributed by atoms with Crippen LogP contribution >= 0.6 is 38.9 Å². The maximum Gasteiger partial charge on any atom is 0.235 e. The molecular formula is C14H7BrClN5S. The van der Waals surface area contributed by atoms with E-state index in [9.17, 15) is 0 Å². The zero-order valence-electron chi connectivity index (χ0n) is 10.9. The van der Waals surface area contributed by atoms with Gasteiger partial charge in [-0.3, -0.25) is 4.98 Å². The van der Waals surface area contributed by atoms with Crippen molar-refractivity contribution in [2.24, 2.45) is 0 Å². The number of aromatic nitrogens is 5. The molecule has 3 heterocycles. The normalized spacial score (nSPS) is 11.2. The number of rotatable bonds is 2. The predicted molar refractivity (Wildman–Crippen MR) is 90.0 cm³/mol. The Bertz CT molecular complexity index is 980. The van der Waals surface area contributed by atoms with Crippen LogP contribution in [0.15, 0.2) is 47.2 Å². The van der Waals surface area contributed by atoms with Gasteiger partial charge in [0, 0.05) is 33.0 Å². The van der Waals surface area contributed by atoms with Gasteiger partial charge < -0.3 is 0 Å². The second-order valence-corrected chi connectivity index (χ2v) is 6.84. The molecule has 0 saturated carbocycles. The van der Waals surface area contributed by atoms with Crippen molar-refractivity contribution < 1.29 is 0 Å². The van der Waals surface area contributed by atoms with E-state index in [1.165, 1.54) is 11.3 Å². The number of hydrogen-bond acceptors (Lipinski definition) is 5. The van der Waals surface area contributed by atoms with Crippen LogP contribution in [0, 0.1) is 0 Å². The quantitative estimate of drug-likeness (QED) is 0.509. The van der Waals surface area contributed by atoms with Gasteiger partial charge in [-0.05, 0) is 34.1 Å². The topological polar surface area (TPSA) is 56.0 Å². The molecule has 4 rings (SSSR count). The van der Waals surface area contributed by atoms with Crippen molar-refractivity contribution in [1.29, 1.82) is 0 Å². The summed E-state index contributed by atoms with van der Waals surface area (Å²) in [6, 6.07) is 9.45. The summed E-state index contributed by atoms with van der Waals surface area (Å²) in [7, 11) is 0. The average molecular weight is 393 g/mol. The maximum absolute atomic E-state index is 6.04. The third-order valence-electron chi connectivity index (χ3n) is 3.03. The molecule has 108 valence electrons. The second-order valence-electron chi connectivity index (χ2n) is 4.53. The zero-order chi connectivity index (χ0) is 15.1. The third-order valence-corrected chi connectivity index (χ3v) is 4.64. The number of hydrogen-bond donors (Lipinski definition) is 0. The van der Waals surface area contributed by atoms with Gasteiger partial charge in [-0.1, -0.05) is 35.1 Å². The van der Waals surface area contributed by atoms with Crippen LogP contribution in [0.4, 0.5) is 0 Å². The summed E-state index contributed by atoms with van der Waals surface area (Å²) in [5.74, 6) is 0.669. The molecule has 4 aromatic rings. The SMILES string of the molecule is Clc1cccc(-c2nnc3sc(-c4cncc(Br)c4)nn23)c1. The lowest BCUT2D eigenvalue weighted by Crippen LogP contribution is -1.91. The lowest BCUT2D eigenvalue weighted by atomic mass is 10.2. The molecule has 0 N–H and O–H groups in total. The summed E-state index contributed by atoms with van der Waals surface area (Å²) in [4.78, 5) is 4.89. The Labute approximate surface area is 142 Å². The van der Waals surface area contributed by atoms with E-state index in [0.717, 1.165) is 25.6 Å². The van der Waals surface area contributed by atoms with Gasteiger partial charge in [-0.25, -0.2) is 0 Å². The summed E-state index contributed by atoms with van der Waals surface area (Å²) < 4.78 is 2.64. The first-order chi connectivity index (χ1) is 10.7. The Hall–Kier alpha value is -1.83. The monoisotopic (exact) mass is 391 g/mol. The van der Waals surface area contributed by atoms with E-state index >= 15 is 0 Å². The minimum absolute atomic E-state index is 0.654. The zero-order valence-corrected chi connectivity index (χ0v) is 14.1. The van der Waals surface area contributed by atoms with E-state index in [1.807, 2.05) is 30.3 Å². The summed E-state index contributed by atoms with van der Waals surface area (Å²) in [5, 5.41) is 14.5. The molecule has 1 aromatic carbocycles. The Kier molecular flexibility index (Phi) is 3.40. The van der Waals surface area contributed by atoms with Gasteiger partial charge in [0.25, 0.3) is 0 Å². The molecule has 0 bridgehead atoms. The van der Waals surface area contributed by atoms with Gasteiger partial charge in [0.05, 0.1) is 0 Å². The number of nitrogens with zero attached hydrogens (tertiary/aromatic N) is 5. The summed E-state index contributed by atoms with van der Waals surface area (Å²) >= 11 is 10.9. The van der Waals surface area contributed by atoms with Crippen LogP contribution in [0.5, 0.6) is 0 Å². The van der Waals surface area contributed by atoms with Crippen LogP contribution in [-0.4, -0.2) is 24.8 Å². The first-order valence-electron chi connectivity index (χ1n) is 6.30. The molecule has 22 heavy (non-hydrogen) atoms. The highest BCUT2D eigenvalue weighted by molar-refractivity contribution is 9.10. The number of fused-ring (bicyclic) bond motifs is 1. The third kappa shape index (κ3) is 2.41. The van der Waals surface area contributed by atoms with Gasteiger partial charge in [-0.2, -0.15) is 9.61 Å². The highest BCUT2D eigenvalue weighted by atomic mass is 79.9. The molecule has 0 amide bonds. The summed E-state index contributed by atoms with van der Waals surface area (Å²) in [6.45, 7) is 0. The fourth-order valence-corrected chi connectivity index (χ4v) is 3.45. The van der Waals surface area contributed by atoms with Crippen molar-refractivity contribution in [3.05, 3.63) is 52.2 Å². The molecule has 0 saturated heterocycles. The number of halogens is 2. The first-order valence-corrected chi connectivity index (χ1v) is 8.28. The lowest BCUT2D eigenvalue weighted by Gasteiger charge is -1.98. The van der Waals surface area contributed by atoms with Gasteiger partial charge in [0.2, 0.25) is 4.96 Å². The highest BCUT2D eigenvalue weighted by Gasteiger charge is 2.14. The molecule has 5 nitrogen and oxygen atoms in total. The van der Waals surface area contributed by atoms with E-state index in [2.05, 4.69) is 36.2 Å². The molecule has 0 unspecified atom stereocenters. The van der Waals surface area contributed by atoms with Crippen molar-refractivity contribution >= 4 is 43.8 Å². The van der Waals surface area contributed by atoms with E-state index in [1.54, 1.807) is 16.9 Å². The van der Waals surface area contributed by atoms with E-state index in [4.69, 9.17) is 11.6 Å². The van der Waals surface area contributed by atoms with Crippen LogP contribution in [0.25, 0.3) is 26.9 Å². The fourth-order valence-electron chi connectivity index (χ4n) is 2.07. The number of benzene rings is 1. The van der Waals surface area contributed by atoms with Crippen molar-refractivity contribution in [1.82, 2.24) is 24.8 Å². The molecular weight excluding hydrogens is 386 g/mol. The molecule has 0 radical (unpaired) electrons. The molecule has 0 spiro atoms. The molecule has 3 aromatic heterocycles. The van der Waals surface area contributed by atoms with Crippen molar-refractivity contribution in [2.45, 2.75) is 0 Å². The van der Waals surface area contributed by atoms with Crippen molar-refractivity contribution in [3.63, 3.8) is 0 Å². The second kappa shape index (κ2) is 5.42. The molecule has 0 aliphatic rings. The standard InChI is InChI=1S/C14H7BrClN5S/c15-10-4-9(6-17-7-10)13-20-21-12(18-19-14(21)22-13)8-2-1-3-11(16)5-8/h1-7H. The van der Waals surface area contributed by atoms with E-state index in [-0.39, 0.29) is 0 Å². The molecule has 0 aliphatic carbocycles. The maximum atomic E-state index is 6.04. The van der Waals surface area contributed by atoms with Crippen molar-refractivity contribution in [3.8, 4) is 22.0 Å². The fraction of sp³-hybridized carbons (Fsp3) is 0. The predicted octanol–water partition coefficient (Wildman–Crippen LogP) is 4.33. The molecule has 0 fully saturated rings. The van der Waals surface area contributed by atoms with Crippen molar-refractivity contribution in [2.75, 3.05) is 0 Å². The molecule has 8 heteroatoms. The van der Waals surface area contributed by atoms with Crippen LogP contribution in [0.1, 0.15) is 0 Å². The van der Waals surface area contributed by atoms with Crippen LogP contribution < -0.4 is 0 Å². The van der Waals surface area contributed by atoms with Gasteiger partial charge >= 0.3 is 0 Å². The first kappa shape index (κ1) is 13.8. The Morgan fingerprint density at radius 3 is 2.82 bits per heavy atom. The summed E-state index contributed by atoms with van der Waals surface area (Å²) in [5.41, 5.74) is 1.81. The van der Waals surface area contributed by atoms with Crippen LogP contribution in [0.2, 0.25) is 5.02 Å². The average Bonchev–Trinajstić information content (AvgIpc) is 3.07. The van der Waals surface area contributed by atoms with Gasteiger partial charge in [0.1, 0.15) is 5.01 Å². The van der Waals surface area contributed by atoms with Crippen LogP contribution in [-0.2, 0) is 0 Å². The minimum atomic E-state index is 0.654. The van der Waals surface area contributed by atoms with Gasteiger partial charge in [0.15, 0.2) is 5.82 Å². The molecule has 0 atom stereocenters. The lowest BCUT2D eigenvalue weighted by molar-refractivity contribution is 0.970.